The topological polar surface area (TPSA) is 13.1 Å². The molecule has 2 aliphatic rings. The molecule has 0 saturated heterocycles. The highest BCUT2D eigenvalue weighted by atomic mass is 16.3. The van der Waals surface area contributed by atoms with Gasteiger partial charge in [0.05, 0.1) is 0 Å². The summed E-state index contributed by atoms with van der Waals surface area (Å²) in [6, 6.07) is 42.1. The van der Waals surface area contributed by atoms with Crippen molar-refractivity contribution in [1.29, 1.82) is 0 Å². The molecule has 1 heteroatoms. The van der Waals surface area contributed by atoms with Crippen molar-refractivity contribution in [3.8, 4) is 44.5 Å². The van der Waals surface area contributed by atoms with Crippen molar-refractivity contribution in [2.75, 3.05) is 0 Å². The third-order valence-corrected chi connectivity index (χ3v) is 15.9. The number of hydrogen-bond donors (Lipinski definition) is 0. The number of para-hydroxylation sites is 1. The first-order chi connectivity index (χ1) is 31.9. The van der Waals surface area contributed by atoms with E-state index in [1.54, 1.807) is 22.3 Å². The van der Waals surface area contributed by atoms with Gasteiger partial charge in [-0.1, -0.05) is 245 Å². The van der Waals surface area contributed by atoms with Gasteiger partial charge >= 0.3 is 0 Å². The molecule has 0 atom stereocenters. The first-order valence-corrected chi connectivity index (χ1v) is 26.4. The molecule has 9 rings (SSSR count). The Bertz CT molecular complexity index is 2720. The maximum absolute atomic E-state index is 7.75. The molecule has 1 aromatic heterocycles. The molecule has 2 aliphatic carbocycles. The van der Waals surface area contributed by atoms with Gasteiger partial charge in [0.2, 0.25) is 0 Å². The lowest BCUT2D eigenvalue weighted by Crippen LogP contribution is -2.33. The van der Waals surface area contributed by atoms with Crippen molar-refractivity contribution in [3.63, 3.8) is 0 Å². The van der Waals surface area contributed by atoms with Crippen LogP contribution in [0.2, 0.25) is 0 Å². The zero-order chi connectivity index (χ0) is 45.0. The molecule has 0 saturated carbocycles. The number of fused-ring (bicyclic) bond motifs is 12. The van der Waals surface area contributed by atoms with Gasteiger partial charge in [0.25, 0.3) is 0 Å². The summed E-state index contributed by atoms with van der Waals surface area (Å²) < 4.78 is 7.75. The summed E-state index contributed by atoms with van der Waals surface area (Å²) in [7, 11) is 0. The van der Waals surface area contributed by atoms with E-state index in [2.05, 4.69) is 151 Å². The van der Waals surface area contributed by atoms with E-state index in [-0.39, 0.29) is 10.8 Å². The van der Waals surface area contributed by atoms with E-state index < -0.39 is 0 Å². The quantitative estimate of drug-likeness (QED) is 0.0619. The van der Waals surface area contributed by atoms with Gasteiger partial charge in [-0.05, 0) is 101 Å². The zero-order valence-electron chi connectivity index (χ0n) is 40.9. The normalized spacial score (nSPS) is 14.2. The van der Waals surface area contributed by atoms with Crippen molar-refractivity contribution >= 4 is 21.9 Å². The highest BCUT2D eigenvalue weighted by Crippen LogP contribution is 2.67. The van der Waals surface area contributed by atoms with Crippen LogP contribution in [0.25, 0.3) is 66.4 Å². The predicted octanol–water partition coefficient (Wildman–Crippen LogP) is 20.0. The van der Waals surface area contributed by atoms with Gasteiger partial charge in [-0.15, -0.1) is 0 Å². The molecule has 338 valence electrons. The van der Waals surface area contributed by atoms with Gasteiger partial charge in [0.15, 0.2) is 0 Å². The third kappa shape index (κ3) is 8.23. The summed E-state index contributed by atoms with van der Waals surface area (Å²) in [5.41, 5.74) is 22.0. The molecule has 0 amide bonds. The fourth-order valence-corrected chi connectivity index (χ4v) is 12.8. The molecule has 0 N–H and O–H groups in total. The summed E-state index contributed by atoms with van der Waals surface area (Å²) in [4.78, 5) is 0. The molecule has 65 heavy (non-hydrogen) atoms. The van der Waals surface area contributed by atoms with Crippen LogP contribution < -0.4 is 0 Å². The van der Waals surface area contributed by atoms with Crippen molar-refractivity contribution in [1.82, 2.24) is 0 Å². The molecule has 0 radical (unpaired) electrons. The van der Waals surface area contributed by atoms with Crippen LogP contribution in [0.4, 0.5) is 0 Å². The smallest absolute Gasteiger partial charge is 0.144 e. The van der Waals surface area contributed by atoms with Crippen molar-refractivity contribution in [2.45, 2.75) is 181 Å². The molecule has 0 spiro atoms. The molecule has 1 heterocycles. The fourth-order valence-electron chi connectivity index (χ4n) is 12.8. The average Bonchev–Trinajstić information content (AvgIpc) is 3.94. The second kappa shape index (κ2) is 19.9. The summed E-state index contributed by atoms with van der Waals surface area (Å²) >= 11 is 0. The monoisotopic (exact) mass is 861 g/mol. The lowest BCUT2D eigenvalue weighted by atomic mass is 9.62. The zero-order valence-corrected chi connectivity index (χ0v) is 40.9. The van der Waals surface area contributed by atoms with Gasteiger partial charge in [-0.3, -0.25) is 0 Å². The van der Waals surface area contributed by atoms with E-state index in [4.69, 9.17) is 4.42 Å². The van der Waals surface area contributed by atoms with Crippen LogP contribution in [-0.2, 0) is 10.8 Å². The molecule has 1 nitrogen and oxygen atoms in total. The van der Waals surface area contributed by atoms with Crippen molar-refractivity contribution < 1.29 is 4.42 Å². The molecule has 7 aromatic rings. The second-order valence-electron chi connectivity index (χ2n) is 20.4. The van der Waals surface area contributed by atoms with Crippen LogP contribution in [0.3, 0.4) is 0 Å². The van der Waals surface area contributed by atoms with Gasteiger partial charge in [0.1, 0.15) is 11.2 Å². The summed E-state index contributed by atoms with van der Waals surface area (Å²) in [6.45, 7) is 14.2. The Balaban J connectivity index is 1.42. The Hall–Kier alpha value is -4.88. The van der Waals surface area contributed by atoms with Crippen LogP contribution in [0.5, 0.6) is 0 Å². The van der Waals surface area contributed by atoms with E-state index in [9.17, 15) is 0 Å². The van der Waals surface area contributed by atoms with E-state index in [1.165, 1.54) is 195 Å². The number of rotatable bonds is 22. The number of furan rings is 1. The highest BCUT2D eigenvalue weighted by molar-refractivity contribution is 6.22. The highest BCUT2D eigenvalue weighted by Gasteiger charge is 2.54. The molecule has 0 unspecified atom stereocenters. The van der Waals surface area contributed by atoms with Crippen molar-refractivity contribution in [2.24, 2.45) is 0 Å². The summed E-state index contributed by atoms with van der Waals surface area (Å²) in [5, 5.41) is 2.61. The first-order valence-electron chi connectivity index (χ1n) is 26.4. The Morgan fingerprint density at radius 2 is 0.862 bits per heavy atom. The number of benzene rings is 6. The largest absolute Gasteiger partial charge is 0.455 e. The predicted molar refractivity (Wildman–Crippen MR) is 282 cm³/mol. The molecule has 0 fully saturated rings. The fraction of sp³-hybridized carbons (Fsp3) is 0.438. The van der Waals surface area contributed by atoms with Crippen LogP contribution in [0.15, 0.2) is 114 Å². The standard InChI is InChI=1S/C64H76O/c1-7-11-15-22-38-63(39-23-16-12-8-2)54-42-45(5)34-36-51(54)56-57-53-33-27-32-50(49-31-26-30-48(44-49)47-28-20-19-21-29-47)61(53)65-62(57)58-52-37-35-46(6)43-55(52)64(60(58)59(56)63,40-24-17-13-9-3)41-25-18-14-10-4/h19-21,26-37,42-44H,7-18,22-25,38-41H2,1-6H3. The summed E-state index contributed by atoms with van der Waals surface area (Å²) in [5.74, 6) is 0. The first kappa shape index (κ1) is 45.3. The molecule has 0 aliphatic heterocycles. The number of aryl methyl sites for hydroxylation is 2. The summed E-state index contributed by atoms with van der Waals surface area (Å²) in [6.07, 6.45) is 25.3. The maximum Gasteiger partial charge on any atom is 0.144 e. The van der Waals surface area contributed by atoms with Crippen LogP contribution in [0.1, 0.15) is 189 Å². The Labute approximate surface area is 392 Å². The minimum Gasteiger partial charge on any atom is -0.455 e. The van der Waals surface area contributed by atoms with Crippen molar-refractivity contribution in [3.05, 3.63) is 143 Å². The molecular weight excluding hydrogens is 785 g/mol. The van der Waals surface area contributed by atoms with Crippen LogP contribution in [0, 0.1) is 13.8 Å². The minimum atomic E-state index is -0.0720. The lowest BCUT2D eigenvalue weighted by Gasteiger charge is -2.40. The third-order valence-electron chi connectivity index (χ3n) is 15.9. The van der Waals surface area contributed by atoms with E-state index in [1.807, 2.05) is 0 Å². The Morgan fingerprint density at radius 3 is 1.40 bits per heavy atom. The van der Waals surface area contributed by atoms with Crippen LogP contribution >= 0.6 is 0 Å². The second-order valence-corrected chi connectivity index (χ2v) is 20.4. The molecule has 0 bridgehead atoms. The Morgan fingerprint density at radius 1 is 0.385 bits per heavy atom. The van der Waals surface area contributed by atoms with Gasteiger partial charge in [0, 0.05) is 32.7 Å². The van der Waals surface area contributed by atoms with E-state index in [0.717, 1.165) is 11.2 Å². The van der Waals surface area contributed by atoms with E-state index in [0.29, 0.717) is 0 Å². The molecular formula is C64H76O. The Kier molecular flexibility index (Phi) is 13.9. The average molecular weight is 861 g/mol. The van der Waals surface area contributed by atoms with Gasteiger partial charge in [-0.25, -0.2) is 0 Å². The van der Waals surface area contributed by atoms with Crippen LogP contribution in [-0.4, -0.2) is 0 Å². The van der Waals surface area contributed by atoms with Gasteiger partial charge in [-0.2, -0.15) is 0 Å². The molecule has 6 aromatic carbocycles. The lowest BCUT2D eigenvalue weighted by molar-refractivity contribution is 0.370. The van der Waals surface area contributed by atoms with Gasteiger partial charge < -0.3 is 4.42 Å². The number of unbranched alkanes of at least 4 members (excludes halogenated alkanes) is 12. The van der Waals surface area contributed by atoms with E-state index >= 15 is 0 Å². The SMILES string of the molecule is CCCCCCC1(CCCCCC)c2cc(C)ccc2-c2c1c1c(c3c2oc2c(-c4cccc(-c5ccccc5)c4)cccc23)-c2ccc(C)cc2C1(CCCCCC)CCCCCC. The minimum absolute atomic E-state index is 0.0587. The maximum atomic E-state index is 7.75. The number of hydrogen-bond acceptors (Lipinski definition) is 1.